The lowest BCUT2D eigenvalue weighted by molar-refractivity contribution is 0.400. The zero-order chi connectivity index (χ0) is 19.7. The Hall–Kier alpha value is -2.56. The summed E-state index contributed by atoms with van der Waals surface area (Å²) in [5.74, 6) is 0.514. The summed E-state index contributed by atoms with van der Waals surface area (Å²) in [6.45, 7) is 1.63. The van der Waals surface area contributed by atoms with Gasteiger partial charge in [0.1, 0.15) is 5.76 Å². The van der Waals surface area contributed by atoms with E-state index in [1.807, 2.05) is 0 Å². The minimum atomic E-state index is -3.88. The fraction of sp³-hybridized carbons (Fsp3) is 0.0625. The molecule has 0 bridgehead atoms. The molecule has 1 heterocycles. The van der Waals surface area contributed by atoms with Gasteiger partial charge in [0.25, 0.3) is 20.0 Å². The Kier molecular flexibility index (Phi) is 5.13. The number of aryl methyl sites for hydroxylation is 1. The van der Waals surface area contributed by atoms with Gasteiger partial charge in [-0.3, -0.25) is 9.44 Å². The van der Waals surface area contributed by atoms with Crippen molar-refractivity contribution in [3.63, 3.8) is 0 Å². The summed E-state index contributed by atoms with van der Waals surface area (Å²) in [6, 6.07) is 12.3. The quantitative estimate of drug-likeness (QED) is 0.623. The number of benzene rings is 2. The van der Waals surface area contributed by atoms with Crippen LogP contribution in [0.2, 0.25) is 5.02 Å². The van der Waals surface area contributed by atoms with Crippen molar-refractivity contribution in [2.24, 2.45) is 0 Å². The maximum atomic E-state index is 12.3. The topological polar surface area (TPSA) is 118 Å². The average molecular weight is 428 g/mol. The summed E-state index contributed by atoms with van der Waals surface area (Å²) in [5, 5.41) is 3.98. The first-order valence-electron chi connectivity index (χ1n) is 7.50. The SMILES string of the molecule is Cc1cc(NS(=O)(=O)c2ccc(NS(=O)(=O)c3ccc(Cl)cc3)cc2)no1. The maximum Gasteiger partial charge on any atom is 0.263 e. The van der Waals surface area contributed by atoms with Crippen molar-refractivity contribution in [1.29, 1.82) is 0 Å². The Labute approximate surface area is 161 Å². The highest BCUT2D eigenvalue weighted by molar-refractivity contribution is 7.93. The fourth-order valence-electron chi connectivity index (χ4n) is 2.14. The molecule has 0 aliphatic rings. The van der Waals surface area contributed by atoms with Crippen LogP contribution in [0, 0.1) is 6.92 Å². The normalized spacial score (nSPS) is 11.9. The summed E-state index contributed by atoms with van der Waals surface area (Å²) in [4.78, 5) is -0.0238. The fourth-order valence-corrected chi connectivity index (χ4v) is 4.31. The van der Waals surface area contributed by atoms with Crippen molar-refractivity contribution < 1.29 is 21.4 Å². The first-order valence-corrected chi connectivity index (χ1v) is 10.8. The number of nitrogens with zero attached hydrogens (tertiary/aromatic N) is 1. The molecule has 0 atom stereocenters. The number of hydrogen-bond acceptors (Lipinski definition) is 6. The summed E-state index contributed by atoms with van der Waals surface area (Å²) in [5.41, 5.74) is 0.209. The second-order valence-electron chi connectivity index (χ2n) is 5.51. The van der Waals surface area contributed by atoms with Gasteiger partial charge in [-0.2, -0.15) is 0 Å². The van der Waals surface area contributed by atoms with Gasteiger partial charge < -0.3 is 4.52 Å². The molecule has 2 aromatic carbocycles. The van der Waals surface area contributed by atoms with Gasteiger partial charge >= 0.3 is 0 Å². The van der Waals surface area contributed by atoms with Gasteiger partial charge in [0.05, 0.1) is 9.79 Å². The van der Waals surface area contributed by atoms with Crippen LogP contribution >= 0.6 is 11.6 Å². The van der Waals surface area contributed by atoms with Crippen LogP contribution in [0.1, 0.15) is 5.76 Å². The predicted octanol–water partition coefficient (Wildman–Crippen LogP) is 3.24. The zero-order valence-electron chi connectivity index (χ0n) is 13.9. The third-order valence-electron chi connectivity index (χ3n) is 3.41. The molecule has 0 unspecified atom stereocenters. The smallest absolute Gasteiger partial charge is 0.263 e. The van der Waals surface area contributed by atoms with Crippen LogP contribution < -0.4 is 9.44 Å². The first kappa shape index (κ1) is 19.2. The van der Waals surface area contributed by atoms with E-state index in [0.717, 1.165) is 0 Å². The molecule has 2 N–H and O–H groups in total. The summed E-state index contributed by atoms with van der Waals surface area (Å²) in [7, 11) is -7.70. The van der Waals surface area contributed by atoms with E-state index in [0.29, 0.717) is 10.8 Å². The van der Waals surface area contributed by atoms with Crippen molar-refractivity contribution in [3.8, 4) is 0 Å². The van der Waals surface area contributed by atoms with Gasteiger partial charge in [-0.1, -0.05) is 16.8 Å². The van der Waals surface area contributed by atoms with Crippen LogP contribution in [0.5, 0.6) is 0 Å². The minimum Gasteiger partial charge on any atom is -0.360 e. The van der Waals surface area contributed by atoms with E-state index in [1.54, 1.807) is 6.92 Å². The molecule has 142 valence electrons. The number of aromatic nitrogens is 1. The maximum absolute atomic E-state index is 12.3. The molecule has 3 rings (SSSR count). The van der Waals surface area contributed by atoms with Gasteiger partial charge in [0.15, 0.2) is 5.82 Å². The van der Waals surface area contributed by atoms with Crippen LogP contribution in [-0.4, -0.2) is 22.0 Å². The Morgan fingerprint density at radius 2 is 1.37 bits per heavy atom. The van der Waals surface area contributed by atoms with Crippen LogP contribution in [0.25, 0.3) is 0 Å². The third kappa shape index (κ3) is 4.59. The second-order valence-corrected chi connectivity index (χ2v) is 9.31. The molecular formula is C16H14ClN3O5S2. The van der Waals surface area contributed by atoms with Crippen molar-refractivity contribution in [2.45, 2.75) is 16.7 Å². The molecule has 0 aliphatic heterocycles. The molecule has 8 nitrogen and oxygen atoms in total. The summed E-state index contributed by atoms with van der Waals surface area (Å²) < 4.78 is 58.8. The van der Waals surface area contributed by atoms with Crippen LogP contribution in [0.15, 0.2) is 68.9 Å². The Balaban J connectivity index is 1.77. The summed E-state index contributed by atoms with van der Waals surface area (Å²) in [6.07, 6.45) is 0. The molecule has 0 saturated carbocycles. The molecule has 11 heteroatoms. The standard InChI is InChI=1S/C16H14ClN3O5S2/c1-11-10-16(18-25-11)20-27(23,24)15-8-4-13(5-9-15)19-26(21,22)14-6-2-12(17)3-7-14/h2-10,19H,1H3,(H,18,20). The monoisotopic (exact) mass is 427 g/mol. The number of halogens is 1. The van der Waals surface area contributed by atoms with Gasteiger partial charge in [0, 0.05) is 16.8 Å². The molecule has 3 aromatic rings. The largest absolute Gasteiger partial charge is 0.360 e. The van der Waals surface area contributed by atoms with E-state index in [4.69, 9.17) is 16.1 Å². The van der Waals surface area contributed by atoms with Crippen LogP contribution in [0.3, 0.4) is 0 Å². The van der Waals surface area contributed by atoms with Gasteiger partial charge in [0.2, 0.25) is 0 Å². The van der Waals surface area contributed by atoms with E-state index in [9.17, 15) is 16.8 Å². The lowest BCUT2D eigenvalue weighted by Crippen LogP contribution is -2.14. The van der Waals surface area contributed by atoms with E-state index >= 15 is 0 Å². The number of nitrogens with one attached hydrogen (secondary N) is 2. The Morgan fingerprint density at radius 3 is 1.89 bits per heavy atom. The van der Waals surface area contributed by atoms with Gasteiger partial charge in [-0.25, -0.2) is 16.8 Å². The highest BCUT2D eigenvalue weighted by Crippen LogP contribution is 2.21. The highest BCUT2D eigenvalue weighted by Gasteiger charge is 2.18. The molecule has 0 saturated heterocycles. The molecule has 0 aliphatic carbocycles. The highest BCUT2D eigenvalue weighted by atomic mass is 35.5. The van der Waals surface area contributed by atoms with Crippen LogP contribution in [0.4, 0.5) is 11.5 Å². The molecule has 1 aromatic heterocycles. The van der Waals surface area contributed by atoms with Gasteiger partial charge in [-0.15, -0.1) is 0 Å². The zero-order valence-corrected chi connectivity index (χ0v) is 16.3. The number of hydrogen-bond donors (Lipinski definition) is 2. The summed E-state index contributed by atoms with van der Waals surface area (Å²) >= 11 is 5.75. The first-order chi connectivity index (χ1) is 12.7. The number of anilines is 2. The van der Waals surface area contributed by atoms with E-state index in [2.05, 4.69) is 14.6 Å². The van der Waals surface area contributed by atoms with E-state index in [-0.39, 0.29) is 21.3 Å². The molecule has 0 radical (unpaired) electrons. The van der Waals surface area contributed by atoms with Crippen LogP contribution in [-0.2, 0) is 20.0 Å². The van der Waals surface area contributed by atoms with Crippen molar-refractivity contribution in [3.05, 3.63) is 65.4 Å². The lowest BCUT2D eigenvalue weighted by Gasteiger charge is -2.09. The number of rotatable bonds is 6. The lowest BCUT2D eigenvalue weighted by atomic mass is 10.3. The van der Waals surface area contributed by atoms with Crippen molar-refractivity contribution >= 4 is 43.2 Å². The second kappa shape index (κ2) is 7.22. The third-order valence-corrected chi connectivity index (χ3v) is 6.43. The molecule has 0 amide bonds. The molecule has 0 fully saturated rings. The number of sulfonamides is 2. The van der Waals surface area contributed by atoms with Crippen molar-refractivity contribution in [1.82, 2.24) is 5.16 Å². The van der Waals surface area contributed by atoms with E-state index in [1.165, 1.54) is 54.6 Å². The van der Waals surface area contributed by atoms with E-state index < -0.39 is 20.0 Å². The predicted molar refractivity (Wildman–Crippen MR) is 101 cm³/mol. The Morgan fingerprint density at radius 1 is 0.852 bits per heavy atom. The molecule has 0 spiro atoms. The van der Waals surface area contributed by atoms with Gasteiger partial charge in [-0.05, 0) is 55.5 Å². The molecular weight excluding hydrogens is 414 g/mol. The Bertz CT molecular complexity index is 1160. The minimum absolute atomic E-state index is 0.0340. The average Bonchev–Trinajstić information content (AvgIpc) is 2.99. The molecule has 27 heavy (non-hydrogen) atoms. The van der Waals surface area contributed by atoms with Crippen molar-refractivity contribution in [2.75, 3.05) is 9.44 Å².